The smallest absolute Gasteiger partial charge is 0.405 e. The van der Waals surface area contributed by atoms with Crippen molar-refractivity contribution in [3.05, 3.63) is 68.4 Å². The summed E-state index contributed by atoms with van der Waals surface area (Å²) in [4.78, 5) is 11.7. The molecule has 0 radical (unpaired) electrons. The summed E-state index contributed by atoms with van der Waals surface area (Å²) in [7, 11) is 0. The first-order valence-electron chi connectivity index (χ1n) is 10.6. The molecular formula is C24H22BrCl2N5O3. The number of primary amides is 1. The Morgan fingerprint density at radius 1 is 1.14 bits per heavy atom. The molecule has 4 rings (SSSR count). The van der Waals surface area contributed by atoms with E-state index in [9.17, 15) is 4.79 Å². The van der Waals surface area contributed by atoms with Crippen LogP contribution >= 0.6 is 39.1 Å². The molecule has 0 bridgehead atoms. The van der Waals surface area contributed by atoms with Gasteiger partial charge in [0.05, 0.1) is 22.0 Å². The fraction of sp³-hybridized carbons (Fsp3) is 0.250. The molecule has 0 saturated heterocycles. The monoisotopic (exact) mass is 577 g/mol. The first kappa shape index (κ1) is 25.2. The molecule has 1 amide bonds. The largest absolute Gasteiger partial charge is 0.442 e. The van der Waals surface area contributed by atoms with Gasteiger partial charge in [-0.2, -0.15) is 5.10 Å². The van der Waals surface area contributed by atoms with E-state index in [1.165, 1.54) is 0 Å². The molecule has 35 heavy (non-hydrogen) atoms. The Labute approximate surface area is 220 Å². The van der Waals surface area contributed by atoms with Crippen LogP contribution in [0.15, 0.2) is 51.4 Å². The molecule has 0 aliphatic rings. The summed E-state index contributed by atoms with van der Waals surface area (Å²) in [6, 6.07) is 12.7. The van der Waals surface area contributed by atoms with Crippen LogP contribution in [0.5, 0.6) is 0 Å². The molecule has 0 fully saturated rings. The van der Waals surface area contributed by atoms with Crippen molar-refractivity contribution >= 4 is 45.2 Å². The number of hydrogen-bond donors (Lipinski definition) is 1. The highest BCUT2D eigenvalue weighted by Crippen LogP contribution is 2.41. The topological polar surface area (TPSA) is 109 Å². The first-order chi connectivity index (χ1) is 16.5. The predicted molar refractivity (Wildman–Crippen MR) is 138 cm³/mol. The van der Waals surface area contributed by atoms with E-state index in [2.05, 4.69) is 26.1 Å². The third-order valence-electron chi connectivity index (χ3n) is 5.15. The van der Waals surface area contributed by atoms with E-state index in [4.69, 9.17) is 43.2 Å². The summed E-state index contributed by atoms with van der Waals surface area (Å²) in [5, 5.41) is 14.1. The summed E-state index contributed by atoms with van der Waals surface area (Å²) >= 11 is 16.2. The fourth-order valence-electron chi connectivity index (χ4n) is 3.54. The van der Waals surface area contributed by atoms with Crippen molar-refractivity contribution in [1.82, 2.24) is 20.0 Å². The van der Waals surface area contributed by atoms with E-state index in [-0.39, 0.29) is 11.3 Å². The lowest BCUT2D eigenvalue weighted by Crippen LogP contribution is -2.16. The highest BCUT2D eigenvalue weighted by Gasteiger charge is 2.32. The second kappa shape index (κ2) is 9.64. The zero-order chi connectivity index (χ0) is 25.5. The number of hydrogen-bond acceptors (Lipinski definition) is 6. The number of benzene rings is 2. The van der Waals surface area contributed by atoms with E-state index in [0.29, 0.717) is 38.6 Å². The SMILES string of the molecule is CC(OC(N)=O)c1c(-c2nnc(C(C)(C)C)o2)nn(-c2ccc(Cl)cc2Cl)c1-c1ccc(Br)cc1. The molecular weight excluding hydrogens is 557 g/mol. The van der Waals surface area contributed by atoms with Crippen molar-refractivity contribution < 1.29 is 13.9 Å². The standard InChI is InChI=1S/C24H22BrCl2N5O3/c1-12(34-23(28)33)18-19(21-29-30-22(35-21)24(2,3)4)31-32(17-10-9-15(26)11-16(17)27)20(18)13-5-7-14(25)8-6-13/h5-12H,1-4H3,(H2,28,33). The summed E-state index contributed by atoms with van der Waals surface area (Å²) < 4.78 is 13.9. The van der Waals surface area contributed by atoms with Crippen molar-refractivity contribution in [1.29, 1.82) is 0 Å². The van der Waals surface area contributed by atoms with E-state index < -0.39 is 12.2 Å². The van der Waals surface area contributed by atoms with Gasteiger partial charge < -0.3 is 14.9 Å². The second-order valence-electron chi connectivity index (χ2n) is 8.87. The van der Waals surface area contributed by atoms with Crippen LogP contribution in [0.4, 0.5) is 4.79 Å². The van der Waals surface area contributed by atoms with Crippen molar-refractivity contribution in [2.75, 3.05) is 0 Å². The lowest BCUT2D eigenvalue weighted by atomic mass is 9.97. The Hall–Kier alpha value is -2.88. The maximum Gasteiger partial charge on any atom is 0.405 e. The highest BCUT2D eigenvalue weighted by atomic mass is 79.9. The number of amides is 1. The first-order valence-corrected chi connectivity index (χ1v) is 12.2. The lowest BCUT2D eigenvalue weighted by Gasteiger charge is -2.16. The maximum atomic E-state index is 11.7. The minimum absolute atomic E-state index is 0.173. The van der Waals surface area contributed by atoms with Gasteiger partial charge in [-0.05, 0) is 37.3 Å². The van der Waals surface area contributed by atoms with Crippen LogP contribution in [0.1, 0.15) is 45.3 Å². The summed E-state index contributed by atoms with van der Waals surface area (Å²) in [6.45, 7) is 7.58. The van der Waals surface area contributed by atoms with Gasteiger partial charge in [0.2, 0.25) is 5.89 Å². The van der Waals surface area contributed by atoms with Crippen molar-refractivity contribution in [2.45, 2.75) is 39.2 Å². The van der Waals surface area contributed by atoms with Gasteiger partial charge in [-0.1, -0.05) is 72.0 Å². The molecule has 1 unspecified atom stereocenters. The molecule has 8 nitrogen and oxygen atoms in total. The minimum Gasteiger partial charge on any atom is -0.442 e. The van der Waals surface area contributed by atoms with Crippen LogP contribution in [-0.2, 0) is 10.2 Å². The van der Waals surface area contributed by atoms with Crippen molar-refractivity contribution in [3.63, 3.8) is 0 Å². The number of ether oxygens (including phenoxy) is 1. The van der Waals surface area contributed by atoms with Crippen LogP contribution in [0.2, 0.25) is 10.0 Å². The molecule has 2 aromatic carbocycles. The molecule has 2 N–H and O–H groups in total. The molecule has 0 aliphatic carbocycles. The second-order valence-corrected chi connectivity index (χ2v) is 10.6. The zero-order valence-electron chi connectivity index (χ0n) is 19.3. The number of nitrogens with zero attached hydrogens (tertiary/aromatic N) is 4. The van der Waals surface area contributed by atoms with E-state index >= 15 is 0 Å². The van der Waals surface area contributed by atoms with Gasteiger partial charge >= 0.3 is 6.09 Å². The average molecular weight is 579 g/mol. The van der Waals surface area contributed by atoms with Crippen LogP contribution in [0.25, 0.3) is 28.5 Å². The number of carbonyl (C=O) groups is 1. The van der Waals surface area contributed by atoms with Gasteiger partial charge in [0.1, 0.15) is 6.10 Å². The molecule has 2 aromatic heterocycles. The van der Waals surface area contributed by atoms with Gasteiger partial charge in [-0.15, -0.1) is 10.2 Å². The van der Waals surface area contributed by atoms with Gasteiger partial charge in [0.25, 0.3) is 5.89 Å². The Bertz CT molecular complexity index is 1390. The minimum atomic E-state index is -0.927. The Kier molecular flexibility index (Phi) is 6.95. The number of nitrogens with two attached hydrogens (primary N) is 1. The van der Waals surface area contributed by atoms with Crippen LogP contribution in [0, 0.1) is 0 Å². The number of carbonyl (C=O) groups excluding carboxylic acids is 1. The van der Waals surface area contributed by atoms with Crippen molar-refractivity contribution in [2.24, 2.45) is 5.73 Å². The summed E-state index contributed by atoms with van der Waals surface area (Å²) in [5.74, 6) is 0.609. The normalized spacial score (nSPS) is 12.5. The Morgan fingerprint density at radius 2 is 1.83 bits per heavy atom. The third kappa shape index (κ3) is 5.22. The van der Waals surface area contributed by atoms with Gasteiger partial charge in [0.15, 0.2) is 5.69 Å². The average Bonchev–Trinajstić information content (AvgIpc) is 3.39. The molecule has 4 aromatic rings. The van der Waals surface area contributed by atoms with E-state index in [1.54, 1.807) is 29.8 Å². The molecule has 1 atom stereocenters. The number of aromatic nitrogens is 4. The fourth-order valence-corrected chi connectivity index (χ4v) is 4.29. The maximum absolute atomic E-state index is 11.7. The Morgan fingerprint density at radius 3 is 2.40 bits per heavy atom. The van der Waals surface area contributed by atoms with Gasteiger partial charge in [-0.3, -0.25) is 0 Å². The molecule has 182 valence electrons. The summed E-state index contributed by atoms with van der Waals surface area (Å²) in [6.07, 6.45) is -1.73. The van der Waals surface area contributed by atoms with Crippen LogP contribution in [-0.4, -0.2) is 26.1 Å². The lowest BCUT2D eigenvalue weighted by molar-refractivity contribution is 0.117. The van der Waals surface area contributed by atoms with Gasteiger partial charge in [0, 0.05) is 20.5 Å². The molecule has 2 heterocycles. The van der Waals surface area contributed by atoms with Gasteiger partial charge in [-0.25, -0.2) is 9.48 Å². The van der Waals surface area contributed by atoms with E-state index in [0.717, 1.165) is 10.0 Å². The molecule has 0 spiro atoms. The van der Waals surface area contributed by atoms with Crippen LogP contribution < -0.4 is 5.73 Å². The molecule has 0 saturated carbocycles. The molecule has 11 heteroatoms. The number of rotatable bonds is 5. The zero-order valence-corrected chi connectivity index (χ0v) is 22.4. The van der Waals surface area contributed by atoms with Crippen molar-refractivity contribution in [3.8, 4) is 28.5 Å². The highest BCUT2D eigenvalue weighted by molar-refractivity contribution is 9.10. The Balaban J connectivity index is 2.06. The summed E-state index contributed by atoms with van der Waals surface area (Å²) in [5.41, 5.74) is 7.81. The third-order valence-corrected chi connectivity index (χ3v) is 6.21. The van der Waals surface area contributed by atoms with Crippen LogP contribution in [0.3, 0.4) is 0 Å². The molecule has 0 aliphatic heterocycles. The number of halogens is 3. The van der Waals surface area contributed by atoms with E-state index in [1.807, 2.05) is 45.0 Å². The quantitative estimate of drug-likeness (QED) is 0.270. The predicted octanol–water partition coefficient (Wildman–Crippen LogP) is 7.11.